The van der Waals surface area contributed by atoms with E-state index < -0.39 is 24.1 Å². The summed E-state index contributed by atoms with van der Waals surface area (Å²) in [5, 5.41) is 3.59. The maximum Gasteiger partial charge on any atom is 0.333 e. The first kappa shape index (κ1) is 19.3. The van der Waals surface area contributed by atoms with Gasteiger partial charge < -0.3 is 10.6 Å². The van der Waals surface area contributed by atoms with Crippen molar-refractivity contribution in [3.05, 3.63) is 53.4 Å². The lowest BCUT2D eigenvalue weighted by Crippen LogP contribution is -2.44. The van der Waals surface area contributed by atoms with Crippen LogP contribution in [0, 0.1) is 17.6 Å². The molecule has 0 radical (unpaired) electrons. The van der Waals surface area contributed by atoms with Crippen LogP contribution >= 0.6 is 0 Å². The number of likely N-dealkylation sites (tertiary alicyclic amines) is 1. The predicted molar refractivity (Wildman–Crippen MR) is 90.1 cm³/mol. The number of carbonyl (C=O) groups is 1. The van der Waals surface area contributed by atoms with E-state index in [1.165, 1.54) is 6.07 Å². The van der Waals surface area contributed by atoms with Gasteiger partial charge in [-0.3, -0.25) is 4.79 Å². The number of nitrogens with two attached hydrogens (primary N) is 1. The minimum absolute atomic E-state index is 0.0279. The molecule has 1 unspecified atom stereocenters. The zero-order valence-electron chi connectivity index (χ0n) is 14.5. The second-order valence-electron chi connectivity index (χ2n) is 6.69. The molecule has 1 atom stereocenters. The average Bonchev–Trinajstić information content (AvgIpc) is 3.15. The highest BCUT2D eigenvalue weighted by Gasteiger charge is 2.29. The third-order valence-electron chi connectivity index (χ3n) is 4.92. The van der Waals surface area contributed by atoms with Crippen LogP contribution in [0.15, 0.2) is 30.5 Å². The fourth-order valence-corrected chi connectivity index (χ4v) is 3.37. The van der Waals surface area contributed by atoms with Crippen molar-refractivity contribution >= 4 is 5.91 Å². The summed E-state index contributed by atoms with van der Waals surface area (Å²) in [5.41, 5.74) is 6.38. The number of rotatable bonds is 5. The predicted octanol–water partition coefficient (Wildman–Crippen LogP) is 2.98. The minimum Gasteiger partial charge on any atom is -0.337 e. The minimum atomic E-state index is -2.79. The van der Waals surface area contributed by atoms with Crippen LogP contribution in [0.4, 0.5) is 17.6 Å². The van der Waals surface area contributed by atoms with Crippen LogP contribution in [0.5, 0.6) is 0 Å². The van der Waals surface area contributed by atoms with Gasteiger partial charge in [0, 0.05) is 25.3 Å². The molecule has 3 rings (SSSR count). The van der Waals surface area contributed by atoms with E-state index in [-0.39, 0.29) is 29.6 Å². The van der Waals surface area contributed by atoms with Gasteiger partial charge in [-0.15, -0.1) is 0 Å². The first-order chi connectivity index (χ1) is 12.8. The third-order valence-corrected chi connectivity index (χ3v) is 4.92. The van der Waals surface area contributed by atoms with Crippen molar-refractivity contribution in [3.63, 3.8) is 0 Å². The zero-order valence-corrected chi connectivity index (χ0v) is 14.5. The van der Waals surface area contributed by atoms with Crippen LogP contribution in [-0.4, -0.2) is 39.7 Å². The molecule has 1 aromatic heterocycles. The normalized spacial score (nSPS) is 16.7. The SMILES string of the molecule is NC(Cc1cc(F)ccc1F)C1CCN(C(=O)c2ccn(C(F)F)n2)CC1. The smallest absolute Gasteiger partial charge is 0.333 e. The van der Waals surface area contributed by atoms with Crippen molar-refractivity contribution in [2.24, 2.45) is 11.7 Å². The highest BCUT2D eigenvalue weighted by molar-refractivity contribution is 5.92. The lowest BCUT2D eigenvalue weighted by Gasteiger charge is -2.34. The summed E-state index contributed by atoms with van der Waals surface area (Å²) in [6.07, 6.45) is 2.47. The third kappa shape index (κ3) is 4.47. The van der Waals surface area contributed by atoms with Crippen molar-refractivity contribution in [1.29, 1.82) is 0 Å². The maximum absolute atomic E-state index is 13.8. The molecule has 146 valence electrons. The Morgan fingerprint density at radius 3 is 2.56 bits per heavy atom. The highest BCUT2D eigenvalue weighted by Crippen LogP contribution is 2.24. The molecule has 0 bridgehead atoms. The lowest BCUT2D eigenvalue weighted by atomic mass is 9.86. The number of amides is 1. The summed E-state index contributed by atoms with van der Waals surface area (Å²) < 4.78 is 52.6. The van der Waals surface area contributed by atoms with Gasteiger partial charge in [0.2, 0.25) is 0 Å². The summed E-state index contributed by atoms with van der Waals surface area (Å²) in [5.74, 6) is -1.36. The van der Waals surface area contributed by atoms with Gasteiger partial charge in [0.15, 0.2) is 5.69 Å². The zero-order chi connectivity index (χ0) is 19.6. The van der Waals surface area contributed by atoms with Crippen molar-refractivity contribution in [2.45, 2.75) is 31.9 Å². The molecule has 2 heterocycles. The Bertz CT molecular complexity index is 802. The van der Waals surface area contributed by atoms with Crippen molar-refractivity contribution in [1.82, 2.24) is 14.7 Å². The van der Waals surface area contributed by atoms with Gasteiger partial charge in [0.05, 0.1) is 0 Å². The van der Waals surface area contributed by atoms with Crippen LogP contribution in [0.2, 0.25) is 0 Å². The number of halogens is 4. The molecule has 1 aromatic carbocycles. The van der Waals surface area contributed by atoms with Crippen LogP contribution in [0.3, 0.4) is 0 Å². The molecular formula is C18H20F4N4O. The quantitative estimate of drug-likeness (QED) is 0.806. The number of alkyl halides is 2. The van der Waals surface area contributed by atoms with Crippen LogP contribution < -0.4 is 5.73 Å². The van der Waals surface area contributed by atoms with Gasteiger partial charge in [-0.25, -0.2) is 13.5 Å². The van der Waals surface area contributed by atoms with Crippen LogP contribution in [-0.2, 0) is 6.42 Å². The van der Waals surface area contributed by atoms with Gasteiger partial charge >= 0.3 is 6.55 Å². The molecule has 0 spiro atoms. The number of benzene rings is 1. The van der Waals surface area contributed by atoms with Gasteiger partial charge in [0.25, 0.3) is 5.91 Å². The largest absolute Gasteiger partial charge is 0.337 e. The Balaban J connectivity index is 1.56. The Kier molecular flexibility index (Phi) is 5.79. The lowest BCUT2D eigenvalue weighted by molar-refractivity contribution is 0.0543. The number of carbonyl (C=O) groups excluding carboxylic acids is 1. The Morgan fingerprint density at radius 2 is 1.93 bits per heavy atom. The number of hydrogen-bond acceptors (Lipinski definition) is 3. The summed E-state index contributed by atoms with van der Waals surface area (Å²) >= 11 is 0. The highest BCUT2D eigenvalue weighted by atomic mass is 19.3. The molecular weight excluding hydrogens is 364 g/mol. The average molecular weight is 384 g/mol. The molecule has 1 amide bonds. The molecule has 9 heteroatoms. The molecule has 0 aliphatic carbocycles. The van der Waals surface area contributed by atoms with Crippen molar-refractivity contribution in [2.75, 3.05) is 13.1 Å². The summed E-state index contributed by atoms with van der Waals surface area (Å²) in [6.45, 7) is -1.98. The molecule has 1 aliphatic heterocycles. The van der Waals surface area contributed by atoms with Gasteiger partial charge in [-0.05, 0) is 55.0 Å². The van der Waals surface area contributed by atoms with E-state index in [1.807, 2.05) is 0 Å². The number of nitrogens with zero attached hydrogens (tertiary/aromatic N) is 3. The number of piperidine rings is 1. The van der Waals surface area contributed by atoms with E-state index >= 15 is 0 Å². The molecule has 1 aliphatic rings. The summed E-state index contributed by atoms with van der Waals surface area (Å²) in [4.78, 5) is 13.9. The Labute approximate surface area is 153 Å². The number of hydrogen-bond donors (Lipinski definition) is 1. The maximum atomic E-state index is 13.8. The molecule has 2 N–H and O–H groups in total. The first-order valence-corrected chi connectivity index (χ1v) is 8.67. The van der Waals surface area contributed by atoms with E-state index in [4.69, 9.17) is 5.73 Å². The molecule has 1 saturated heterocycles. The second-order valence-corrected chi connectivity index (χ2v) is 6.69. The van der Waals surface area contributed by atoms with E-state index in [2.05, 4.69) is 5.10 Å². The summed E-state index contributed by atoms with van der Waals surface area (Å²) in [7, 11) is 0. The van der Waals surface area contributed by atoms with E-state index in [9.17, 15) is 22.4 Å². The monoisotopic (exact) mass is 384 g/mol. The molecule has 27 heavy (non-hydrogen) atoms. The Hall–Kier alpha value is -2.42. The fraction of sp³-hybridized carbons (Fsp3) is 0.444. The molecule has 5 nitrogen and oxygen atoms in total. The second kappa shape index (κ2) is 8.08. The molecule has 2 aromatic rings. The standard InChI is InChI=1S/C18H20F4N4O/c19-13-1-2-14(20)12(9-13)10-15(23)11-3-6-25(7-4-11)17(27)16-5-8-26(24-16)18(21)22/h1-2,5,8-9,11,15,18H,3-4,6-7,10,23H2. The van der Waals surface area contributed by atoms with Crippen LogP contribution in [0.25, 0.3) is 0 Å². The molecule has 1 fully saturated rings. The topological polar surface area (TPSA) is 64.2 Å². The van der Waals surface area contributed by atoms with Crippen LogP contribution in [0.1, 0.15) is 35.4 Å². The van der Waals surface area contributed by atoms with Crippen molar-refractivity contribution in [3.8, 4) is 0 Å². The fourth-order valence-electron chi connectivity index (χ4n) is 3.37. The van der Waals surface area contributed by atoms with Gasteiger partial charge in [-0.1, -0.05) is 0 Å². The van der Waals surface area contributed by atoms with Crippen molar-refractivity contribution < 1.29 is 22.4 Å². The van der Waals surface area contributed by atoms with E-state index in [0.717, 1.165) is 24.4 Å². The van der Waals surface area contributed by atoms with Gasteiger partial charge in [0.1, 0.15) is 11.6 Å². The van der Waals surface area contributed by atoms with E-state index in [0.29, 0.717) is 30.6 Å². The first-order valence-electron chi connectivity index (χ1n) is 8.67. The molecule has 0 saturated carbocycles. The van der Waals surface area contributed by atoms with Gasteiger partial charge in [-0.2, -0.15) is 13.9 Å². The summed E-state index contributed by atoms with van der Waals surface area (Å²) in [6, 6.07) is 4.18. The Morgan fingerprint density at radius 1 is 1.22 bits per heavy atom. The number of aromatic nitrogens is 2. The van der Waals surface area contributed by atoms with E-state index in [1.54, 1.807) is 4.90 Å².